The van der Waals surface area contributed by atoms with Crippen molar-refractivity contribution in [2.24, 2.45) is 0 Å². The summed E-state index contributed by atoms with van der Waals surface area (Å²) < 4.78 is 57.0. The van der Waals surface area contributed by atoms with Gasteiger partial charge in [-0.05, 0) is 52.9 Å². The largest absolute Gasteiger partial charge is 0.442 e. The van der Waals surface area contributed by atoms with Crippen LogP contribution in [0.3, 0.4) is 0 Å². The van der Waals surface area contributed by atoms with E-state index in [2.05, 4.69) is 10.6 Å². The zero-order valence-electron chi connectivity index (χ0n) is 18.6. The molecule has 9 heteroatoms. The van der Waals surface area contributed by atoms with Crippen LogP contribution < -0.4 is 10.6 Å². The molecule has 0 aromatic heterocycles. The molecule has 184 valence electrons. The van der Waals surface area contributed by atoms with Crippen LogP contribution in [0.5, 0.6) is 0 Å². The molecule has 0 spiro atoms. The van der Waals surface area contributed by atoms with Crippen LogP contribution in [-0.2, 0) is 23.9 Å². The fourth-order valence-corrected chi connectivity index (χ4v) is 4.05. The molecule has 1 amide bonds. The molecular weight excluding hydrogens is 464 g/mol. The molecule has 0 unspecified atom stereocenters. The van der Waals surface area contributed by atoms with Crippen molar-refractivity contribution in [3.05, 3.63) is 95.3 Å². The Hall–Kier alpha value is -3.43. The number of ether oxygens (including phenoxy) is 1. The van der Waals surface area contributed by atoms with E-state index in [-0.39, 0.29) is 19.1 Å². The molecule has 1 saturated heterocycles. The number of carbonyl (C=O) groups excluding carboxylic acids is 1. The summed E-state index contributed by atoms with van der Waals surface area (Å²) in [5.41, 5.74) is 2.22. The summed E-state index contributed by atoms with van der Waals surface area (Å²) in [5.74, 6) is -0.405. The van der Waals surface area contributed by atoms with Crippen molar-refractivity contribution in [2.45, 2.75) is 37.4 Å². The molecule has 0 radical (unpaired) electrons. The van der Waals surface area contributed by atoms with E-state index in [1.54, 1.807) is 12.1 Å². The van der Waals surface area contributed by atoms with Gasteiger partial charge in [-0.15, -0.1) is 0 Å². The molecule has 1 heterocycles. The van der Waals surface area contributed by atoms with E-state index in [0.717, 1.165) is 23.3 Å². The number of halogens is 4. The van der Waals surface area contributed by atoms with Crippen LogP contribution in [0.2, 0.25) is 0 Å². The number of rotatable bonds is 6. The highest BCUT2D eigenvalue weighted by Gasteiger charge is 2.37. The van der Waals surface area contributed by atoms with Gasteiger partial charge in [-0.1, -0.05) is 48.5 Å². The second-order valence-corrected chi connectivity index (χ2v) is 8.41. The number of amides is 1. The third-order valence-corrected chi connectivity index (χ3v) is 5.89. The first kappa shape index (κ1) is 24.7. The van der Waals surface area contributed by atoms with Gasteiger partial charge in [0.2, 0.25) is 0 Å². The molecule has 3 aromatic carbocycles. The first-order valence-electron chi connectivity index (χ1n) is 11.1. The molecule has 0 bridgehead atoms. The molecule has 1 aliphatic heterocycles. The Labute approximate surface area is 199 Å². The minimum absolute atomic E-state index is 0.0862. The van der Waals surface area contributed by atoms with Crippen LogP contribution in [0, 0.1) is 5.82 Å². The van der Waals surface area contributed by atoms with Crippen molar-refractivity contribution in [2.75, 3.05) is 6.54 Å². The lowest BCUT2D eigenvalue weighted by Crippen LogP contribution is -2.41. The standard InChI is InChI=1S/C26H24F4N2O3/c27-21-3-1-2-17(12-21)14-32-25(34)35-24-22(31-15-23(24)33)13-16-4-6-18(7-5-16)19-8-10-20(11-9-19)26(28,29)30/h1-12,22-24,31,33H,13-15H2,(H,32,34)/t22-,23+,24+/m1/s1. The van der Waals surface area contributed by atoms with Crippen molar-refractivity contribution in [3.8, 4) is 11.1 Å². The lowest BCUT2D eigenvalue weighted by atomic mass is 9.98. The quantitative estimate of drug-likeness (QED) is 0.441. The van der Waals surface area contributed by atoms with Gasteiger partial charge < -0.3 is 20.5 Å². The predicted molar refractivity (Wildman–Crippen MR) is 122 cm³/mol. The average Bonchev–Trinajstić information content (AvgIpc) is 3.16. The van der Waals surface area contributed by atoms with Crippen molar-refractivity contribution < 1.29 is 32.2 Å². The zero-order chi connectivity index (χ0) is 25.0. The van der Waals surface area contributed by atoms with Crippen LogP contribution in [0.1, 0.15) is 16.7 Å². The molecule has 1 fully saturated rings. The number of alkyl carbamates (subject to hydrolysis) is 1. The number of benzene rings is 3. The second-order valence-electron chi connectivity index (χ2n) is 8.41. The third kappa shape index (κ3) is 6.37. The molecular formula is C26H24F4N2O3. The van der Waals surface area contributed by atoms with E-state index in [9.17, 15) is 27.5 Å². The van der Waals surface area contributed by atoms with Gasteiger partial charge in [-0.2, -0.15) is 13.2 Å². The van der Waals surface area contributed by atoms with Gasteiger partial charge in [-0.25, -0.2) is 9.18 Å². The second kappa shape index (κ2) is 10.5. The van der Waals surface area contributed by atoms with Crippen molar-refractivity contribution in [1.82, 2.24) is 10.6 Å². The fourth-order valence-electron chi connectivity index (χ4n) is 4.05. The summed E-state index contributed by atoms with van der Waals surface area (Å²) in [5, 5.41) is 16.0. The normalized spacial score (nSPS) is 20.0. The molecule has 4 rings (SSSR count). The number of nitrogens with one attached hydrogen (secondary N) is 2. The summed E-state index contributed by atoms with van der Waals surface area (Å²) in [6, 6.07) is 17.8. The SMILES string of the molecule is O=C(NCc1cccc(F)c1)O[C@@H]1[C@@H](O)CN[C@@H]1Cc1ccc(-c2ccc(C(F)(F)F)cc2)cc1. The van der Waals surface area contributed by atoms with E-state index in [1.165, 1.54) is 24.3 Å². The van der Waals surface area contributed by atoms with Gasteiger partial charge in [0.05, 0.1) is 11.6 Å². The first-order valence-corrected chi connectivity index (χ1v) is 11.1. The monoisotopic (exact) mass is 488 g/mol. The molecule has 0 saturated carbocycles. The number of alkyl halides is 3. The smallest absolute Gasteiger partial charge is 0.416 e. The summed E-state index contributed by atoms with van der Waals surface area (Å²) in [6.07, 6.45) is -6.30. The van der Waals surface area contributed by atoms with Crippen LogP contribution in [0.15, 0.2) is 72.8 Å². The molecule has 3 N–H and O–H groups in total. The average molecular weight is 488 g/mol. The number of carbonyl (C=O) groups is 1. The van der Waals surface area contributed by atoms with E-state index in [4.69, 9.17) is 4.74 Å². The van der Waals surface area contributed by atoms with Crippen LogP contribution in [0.25, 0.3) is 11.1 Å². The van der Waals surface area contributed by atoms with Gasteiger partial charge in [0.25, 0.3) is 0 Å². The highest BCUT2D eigenvalue weighted by Crippen LogP contribution is 2.31. The highest BCUT2D eigenvalue weighted by atomic mass is 19.4. The zero-order valence-corrected chi connectivity index (χ0v) is 18.6. The fraction of sp³-hybridized carbons (Fsp3) is 0.269. The highest BCUT2D eigenvalue weighted by molar-refractivity contribution is 5.67. The van der Waals surface area contributed by atoms with Crippen molar-refractivity contribution in [3.63, 3.8) is 0 Å². The minimum atomic E-state index is -4.38. The maximum absolute atomic E-state index is 13.3. The van der Waals surface area contributed by atoms with Gasteiger partial charge >= 0.3 is 12.3 Å². The maximum atomic E-state index is 13.3. The van der Waals surface area contributed by atoms with E-state index < -0.39 is 35.9 Å². The van der Waals surface area contributed by atoms with E-state index in [0.29, 0.717) is 17.5 Å². The van der Waals surface area contributed by atoms with Crippen molar-refractivity contribution >= 4 is 6.09 Å². The molecule has 0 aliphatic carbocycles. The summed E-state index contributed by atoms with van der Waals surface area (Å²) in [6.45, 7) is 0.346. The van der Waals surface area contributed by atoms with Crippen LogP contribution in [0.4, 0.5) is 22.4 Å². The number of hydrogen-bond donors (Lipinski definition) is 3. The Morgan fingerprint density at radius 2 is 1.66 bits per heavy atom. The van der Waals surface area contributed by atoms with Gasteiger partial charge in [0.1, 0.15) is 18.0 Å². The van der Waals surface area contributed by atoms with Crippen LogP contribution in [-0.4, -0.2) is 36.0 Å². The Bertz CT molecular complexity index is 1150. The van der Waals surface area contributed by atoms with Gasteiger partial charge in [-0.3, -0.25) is 0 Å². The van der Waals surface area contributed by atoms with E-state index >= 15 is 0 Å². The topological polar surface area (TPSA) is 70.6 Å². The number of hydrogen-bond acceptors (Lipinski definition) is 4. The lowest BCUT2D eigenvalue weighted by Gasteiger charge is -2.22. The number of aliphatic hydroxyl groups excluding tert-OH is 1. The summed E-state index contributed by atoms with van der Waals surface area (Å²) in [7, 11) is 0. The Morgan fingerprint density at radius 3 is 2.29 bits per heavy atom. The summed E-state index contributed by atoms with van der Waals surface area (Å²) >= 11 is 0. The molecule has 3 aromatic rings. The maximum Gasteiger partial charge on any atom is 0.416 e. The molecule has 3 atom stereocenters. The Morgan fingerprint density at radius 1 is 1.00 bits per heavy atom. The van der Waals surface area contributed by atoms with Gasteiger partial charge in [0, 0.05) is 13.1 Å². The van der Waals surface area contributed by atoms with E-state index in [1.807, 2.05) is 24.3 Å². The summed E-state index contributed by atoms with van der Waals surface area (Å²) in [4.78, 5) is 12.3. The Balaban J connectivity index is 1.35. The molecule has 5 nitrogen and oxygen atoms in total. The Kier molecular flexibility index (Phi) is 7.37. The minimum Gasteiger partial charge on any atom is -0.442 e. The van der Waals surface area contributed by atoms with Gasteiger partial charge in [0.15, 0.2) is 0 Å². The predicted octanol–water partition coefficient (Wildman–Crippen LogP) is 4.68. The molecule has 35 heavy (non-hydrogen) atoms. The number of β-amino-alcohol motifs (C(OH)–C–C–N with tert-alkyl or cyclic N) is 1. The number of aliphatic hydroxyl groups is 1. The lowest BCUT2D eigenvalue weighted by molar-refractivity contribution is -0.137. The van der Waals surface area contributed by atoms with Crippen molar-refractivity contribution in [1.29, 1.82) is 0 Å². The molecule has 1 aliphatic rings. The van der Waals surface area contributed by atoms with Crippen LogP contribution >= 0.6 is 0 Å². The third-order valence-electron chi connectivity index (χ3n) is 5.89. The first-order chi connectivity index (χ1) is 16.7.